The number of hydrogen-bond acceptors (Lipinski definition) is 3. The molecule has 1 aliphatic carbocycles. The first-order valence-electron chi connectivity index (χ1n) is 8.41. The van der Waals surface area contributed by atoms with Gasteiger partial charge in [-0.05, 0) is 44.4 Å². The van der Waals surface area contributed by atoms with E-state index >= 15 is 0 Å². The molecule has 2 aliphatic rings. The smallest absolute Gasteiger partial charge is 0.191 e. The fraction of sp³-hybridized carbons (Fsp3) is 0.938. The van der Waals surface area contributed by atoms with Crippen LogP contribution >= 0.6 is 24.0 Å². The first-order valence-corrected chi connectivity index (χ1v) is 8.41. The molecule has 0 radical (unpaired) electrons. The van der Waals surface area contributed by atoms with Crippen molar-refractivity contribution < 1.29 is 9.47 Å². The number of aliphatic imine (C=N–C) groups is 1. The van der Waals surface area contributed by atoms with Crippen LogP contribution in [0.4, 0.5) is 0 Å². The highest BCUT2D eigenvalue weighted by molar-refractivity contribution is 14.0. The zero-order valence-corrected chi connectivity index (χ0v) is 16.4. The molecule has 130 valence electrons. The Labute approximate surface area is 152 Å². The number of ether oxygens (including phenoxy) is 2. The molecule has 0 bridgehead atoms. The highest BCUT2D eigenvalue weighted by atomic mass is 127. The third-order valence-electron chi connectivity index (χ3n) is 4.69. The van der Waals surface area contributed by atoms with Gasteiger partial charge in [-0.2, -0.15) is 0 Å². The minimum Gasteiger partial charge on any atom is -0.385 e. The van der Waals surface area contributed by atoms with Gasteiger partial charge < -0.3 is 20.1 Å². The van der Waals surface area contributed by atoms with Gasteiger partial charge in [-0.1, -0.05) is 6.42 Å². The Morgan fingerprint density at radius 2 is 2.14 bits per heavy atom. The molecule has 6 heteroatoms. The Kier molecular flexibility index (Phi) is 9.66. The largest absolute Gasteiger partial charge is 0.385 e. The first-order chi connectivity index (χ1) is 10.3. The second-order valence-corrected chi connectivity index (χ2v) is 6.31. The molecule has 0 spiro atoms. The highest BCUT2D eigenvalue weighted by Gasteiger charge is 2.36. The fourth-order valence-electron chi connectivity index (χ4n) is 3.09. The van der Waals surface area contributed by atoms with Gasteiger partial charge in [0.15, 0.2) is 5.96 Å². The van der Waals surface area contributed by atoms with E-state index in [0.29, 0.717) is 11.5 Å². The Hall–Kier alpha value is -0.0800. The molecule has 1 heterocycles. The number of nitrogens with zero attached hydrogens (tertiary/aromatic N) is 1. The quantitative estimate of drug-likeness (QED) is 0.357. The molecule has 1 saturated carbocycles. The summed E-state index contributed by atoms with van der Waals surface area (Å²) in [4.78, 5) is 4.80. The van der Waals surface area contributed by atoms with Crippen LogP contribution < -0.4 is 10.6 Å². The lowest BCUT2D eigenvalue weighted by atomic mass is 9.67. The zero-order chi connectivity index (χ0) is 15.0. The van der Waals surface area contributed by atoms with Crippen molar-refractivity contribution in [2.75, 3.05) is 40.0 Å². The van der Waals surface area contributed by atoms with Crippen LogP contribution in [-0.4, -0.2) is 52.0 Å². The molecule has 0 amide bonds. The third kappa shape index (κ3) is 6.20. The van der Waals surface area contributed by atoms with Crippen molar-refractivity contribution in [1.82, 2.24) is 10.6 Å². The van der Waals surface area contributed by atoms with E-state index in [4.69, 9.17) is 14.5 Å². The molecule has 2 N–H and O–H groups in total. The molecule has 0 aromatic rings. The van der Waals surface area contributed by atoms with Crippen LogP contribution in [-0.2, 0) is 9.47 Å². The van der Waals surface area contributed by atoms with Crippen LogP contribution in [0.5, 0.6) is 0 Å². The average molecular weight is 425 g/mol. The van der Waals surface area contributed by atoms with Crippen LogP contribution in [0.3, 0.4) is 0 Å². The summed E-state index contributed by atoms with van der Waals surface area (Å²) in [6.07, 6.45) is 7.71. The van der Waals surface area contributed by atoms with Gasteiger partial charge in [-0.25, -0.2) is 0 Å². The van der Waals surface area contributed by atoms with E-state index in [0.717, 1.165) is 51.6 Å². The van der Waals surface area contributed by atoms with Crippen molar-refractivity contribution in [3.05, 3.63) is 0 Å². The number of hydrogen-bond donors (Lipinski definition) is 2. The van der Waals surface area contributed by atoms with Crippen molar-refractivity contribution in [3.8, 4) is 0 Å². The number of rotatable bonds is 8. The summed E-state index contributed by atoms with van der Waals surface area (Å²) in [6.45, 7) is 6.50. The van der Waals surface area contributed by atoms with E-state index in [1.165, 1.54) is 25.7 Å². The maximum Gasteiger partial charge on any atom is 0.191 e. The number of halogens is 1. The topological polar surface area (TPSA) is 54.9 Å². The van der Waals surface area contributed by atoms with Crippen LogP contribution in [0.25, 0.3) is 0 Å². The number of guanidine groups is 1. The van der Waals surface area contributed by atoms with Crippen LogP contribution in [0.1, 0.15) is 45.4 Å². The molecule has 5 nitrogen and oxygen atoms in total. The Morgan fingerprint density at radius 1 is 1.32 bits per heavy atom. The molecule has 2 rings (SSSR count). The van der Waals surface area contributed by atoms with Gasteiger partial charge in [-0.15, -0.1) is 24.0 Å². The van der Waals surface area contributed by atoms with E-state index in [1.54, 1.807) is 7.11 Å². The van der Waals surface area contributed by atoms with Crippen LogP contribution in [0.2, 0.25) is 0 Å². The normalized spacial score (nSPS) is 23.5. The SMILES string of the molecule is CCNC(=NCC1(CCOC)CCC1)NCC1CCCO1.I. The molecule has 2 fully saturated rings. The Bertz CT molecular complexity index is 329. The van der Waals surface area contributed by atoms with E-state index in [-0.39, 0.29) is 24.0 Å². The molecule has 1 atom stereocenters. The monoisotopic (exact) mass is 425 g/mol. The molecular weight excluding hydrogens is 393 g/mol. The van der Waals surface area contributed by atoms with Crippen molar-refractivity contribution in [2.24, 2.45) is 10.4 Å². The summed E-state index contributed by atoms with van der Waals surface area (Å²) < 4.78 is 10.9. The number of methoxy groups -OCH3 is 1. The van der Waals surface area contributed by atoms with Crippen molar-refractivity contribution in [1.29, 1.82) is 0 Å². The summed E-state index contributed by atoms with van der Waals surface area (Å²) >= 11 is 0. The first kappa shape index (κ1) is 20.0. The minimum atomic E-state index is 0. The zero-order valence-electron chi connectivity index (χ0n) is 14.0. The fourth-order valence-corrected chi connectivity index (χ4v) is 3.09. The van der Waals surface area contributed by atoms with Gasteiger partial charge >= 0.3 is 0 Å². The summed E-state index contributed by atoms with van der Waals surface area (Å²) in [5.74, 6) is 0.927. The van der Waals surface area contributed by atoms with Gasteiger partial charge in [0.25, 0.3) is 0 Å². The average Bonchev–Trinajstić information content (AvgIpc) is 2.96. The Balaban J connectivity index is 0.00000242. The maximum atomic E-state index is 5.65. The highest BCUT2D eigenvalue weighted by Crippen LogP contribution is 2.44. The summed E-state index contributed by atoms with van der Waals surface area (Å²) in [6, 6.07) is 0. The van der Waals surface area contributed by atoms with Gasteiger partial charge in [0, 0.05) is 40.0 Å². The second kappa shape index (κ2) is 10.6. The van der Waals surface area contributed by atoms with Crippen molar-refractivity contribution in [2.45, 2.75) is 51.6 Å². The number of nitrogens with one attached hydrogen (secondary N) is 2. The molecular formula is C16H32IN3O2. The van der Waals surface area contributed by atoms with Crippen molar-refractivity contribution in [3.63, 3.8) is 0 Å². The van der Waals surface area contributed by atoms with Gasteiger partial charge in [0.1, 0.15) is 0 Å². The lowest BCUT2D eigenvalue weighted by Gasteiger charge is -2.40. The molecule has 1 unspecified atom stereocenters. The second-order valence-electron chi connectivity index (χ2n) is 6.31. The van der Waals surface area contributed by atoms with Gasteiger partial charge in [-0.3, -0.25) is 4.99 Å². The van der Waals surface area contributed by atoms with Crippen LogP contribution in [0, 0.1) is 5.41 Å². The van der Waals surface area contributed by atoms with Gasteiger partial charge in [0.05, 0.1) is 6.10 Å². The maximum absolute atomic E-state index is 5.65. The van der Waals surface area contributed by atoms with Crippen LogP contribution in [0.15, 0.2) is 4.99 Å². The van der Waals surface area contributed by atoms with E-state index in [2.05, 4.69) is 17.6 Å². The molecule has 0 aromatic carbocycles. The van der Waals surface area contributed by atoms with E-state index < -0.39 is 0 Å². The summed E-state index contributed by atoms with van der Waals surface area (Å²) in [5.41, 5.74) is 0.377. The molecule has 1 saturated heterocycles. The van der Waals surface area contributed by atoms with Gasteiger partial charge in [0.2, 0.25) is 0 Å². The van der Waals surface area contributed by atoms with Crippen molar-refractivity contribution >= 4 is 29.9 Å². The third-order valence-corrected chi connectivity index (χ3v) is 4.69. The summed E-state index contributed by atoms with van der Waals surface area (Å²) in [5, 5.41) is 6.76. The minimum absolute atomic E-state index is 0. The molecule has 0 aromatic heterocycles. The predicted molar refractivity (Wildman–Crippen MR) is 101 cm³/mol. The standard InChI is InChI=1S/C16H31N3O2.HI/c1-3-17-15(18-12-14-6-4-10-21-14)19-13-16(7-5-8-16)9-11-20-2;/h14H,3-13H2,1-2H3,(H2,17,18,19);1H. The predicted octanol–water partition coefficient (Wildman–Crippen LogP) is 2.55. The molecule has 22 heavy (non-hydrogen) atoms. The molecule has 1 aliphatic heterocycles. The lowest BCUT2D eigenvalue weighted by molar-refractivity contribution is 0.0778. The lowest BCUT2D eigenvalue weighted by Crippen LogP contribution is -2.42. The summed E-state index contributed by atoms with van der Waals surface area (Å²) in [7, 11) is 1.78. The van der Waals surface area contributed by atoms with E-state index in [9.17, 15) is 0 Å². The Morgan fingerprint density at radius 3 is 2.68 bits per heavy atom. The van der Waals surface area contributed by atoms with E-state index in [1.807, 2.05) is 0 Å².